The molecule has 0 atom stereocenters. The molecular formula is C15H10FNO2. The quantitative estimate of drug-likeness (QED) is 0.792. The highest BCUT2D eigenvalue weighted by molar-refractivity contribution is 5.89. The number of carbonyl (C=O) groups is 1. The van der Waals surface area contributed by atoms with Gasteiger partial charge in [-0.25, -0.2) is 9.18 Å². The van der Waals surface area contributed by atoms with Gasteiger partial charge < -0.3 is 4.74 Å². The SMILES string of the molecule is N#Cc1cccc(COC(=O)c2cccc(F)c2)c1. The van der Waals surface area contributed by atoms with Crippen LogP contribution in [0.1, 0.15) is 21.5 Å². The van der Waals surface area contributed by atoms with E-state index in [0.29, 0.717) is 11.1 Å². The summed E-state index contributed by atoms with van der Waals surface area (Å²) in [7, 11) is 0. The first-order chi connectivity index (χ1) is 9.19. The molecule has 0 unspecified atom stereocenters. The Morgan fingerprint density at radius 2 is 2.00 bits per heavy atom. The first-order valence-corrected chi connectivity index (χ1v) is 5.61. The summed E-state index contributed by atoms with van der Waals surface area (Å²) in [6, 6.07) is 14.1. The maximum Gasteiger partial charge on any atom is 0.338 e. The van der Waals surface area contributed by atoms with E-state index >= 15 is 0 Å². The van der Waals surface area contributed by atoms with Crippen molar-refractivity contribution in [3.63, 3.8) is 0 Å². The van der Waals surface area contributed by atoms with Crippen molar-refractivity contribution in [3.05, 3.63) is 71.0 Å². The molecule has 0 saturated heterocycles. The zero-order chi connectivity index (χ0) is 13.7. The summed E-state index contributed by atoms with van der Waals surface area (Å²) in [6.45, 7) is 0.0465. The Morgan fingerprint density at radius 3 is 2.74 bits per heavy atom. The van der Waals surface area contributed by atoms with Gasteiger partial charge >= 0.3 is 5.97 Å². The Bertz CT molecular complexity index is 647. The highest BCUT2D eigenvalue weighted by Crippen LogP contribution is 2.09. The van der Waals surface area contributed by atoms with Crippen LogP contribution in [0.4, 0.5) is 4.39 Å². The van der Waals surface area contributed by atoms with E-state index in [2.05, 4.69) is 0 Å². The second-order valence-electron chi connectivity index (χ2n) is 3.90. The third-order valence-electron chi connectivity index (χ3n) is 2.49. The molecule has 0 radical (unpaired) electrons. The maximum atomic E-state index is 12.9. The minimum Gasteiger partial charge on any atom is -0.457 e. The van der Waals surface area contributed by atoms with Gasteiger partial charge in [-0.3, -0.25) is 0 Å². The number of carbonyl (C=O) groups excluding carboxylic acids is 1. The monoisotopic (exact) mass is 255 g/mol. The third-order valence-corrected chi connectivity index (χ3v) is 2.49. The van der Waals surface area contributed by atoms with Crippen LogP contribution in [0.2, 0.25) is 0 Å². The third kappa shape index (κ3) is 3.39. The number of ether oxygens (including phenoxy) is 1. The fraction of sp³-hybridized carbons (Fsp3) is 0.0667. The number of esters is 1. The van der Waals surface area contributed by atoms with Gasteiger partial charge in [0.1, 0.15) is 12.4 Å². The molecule has 2 aromatic carbocycles. The van der Waals surface area contributed by atoms with E-state index in [-0.39, 0.29) is 12.2 Å². The second kappa shape index (κ2) is 5.78. The van der Waals surface area contributed by atoms with E-state index in [4.69, 9.17) is 10.00 Å². The van der Waals surface area contributed by atoms with Crippen molar-refractivity contribution in [3.8, 4) is 6.07 Å². The van der Waals surface area contributed by atoms with Crippen LogP contribution in [-0.4, -0.2) is 5.97 Å². The number of hydrogen-bond donors (Lipinski definition) is 0. The Hall–Kier alpha value is -2.67. The van der Waals surface area contributed by atoms with Crippen molar-refractivity contribution >= 4 is 5.97 Å². The van der Waals surface area contributed by atoms with Gasteiger partial charge in [-0.1, -0.05) is 18.2 Å². The van der Waals surface area contributed by atoms with Crippen LogP contribution in [-0.2, 0) is 11.3 Å². The number of rotatable bonds is 3. The smallest absolute Gasteiger partial charge is 0.338 e. The van der Waals surface area contributed by atoms with Crippen LogP contribution in [0.3, 0.4) is 0 Å². The molecule has 0 saturated carbocycles. The zero-order valence-electron chi connectivity index (χ0n) is 9.97. The lowest BCUT2D eigenvalue weighted by Gasteiger charge is -2.05. The zero-order valence-corrected chi connectivity index (χ0v) is 9.97. The first-order valence-electron chi connectivity index (χ1n) is 5.61. The number of benzene rings is 2. The fourth-order valence-electron chi connectivity index (χ4n) is 1.58. The molecule has 0 N–H and O–H groups in total. The molecule has 0 aromatic heterocycles. The average Bonchev–Trinajstić information content (AvgIpc) is 2.45. The van der Waals surface area contributed by atoms with Crippen LogP contribution < -0.4 is 0 Å². The standard InChI is InChI=1S/C15H10FNO2/c16-14-6-2-5-13(8-14)15(18)19-10-12-4-1-3-11(7-12)9-17/h1-8H,10H2. The maximum absolute atomic E-state index is 12.9. The van der Waals surface area contributed by atoms with Crippen molar-refractivity contribution in [2.45, 2.75) is 6.61 Å². The van der Waals surface area contributed by atoms with Crippen LogP contribution in [0, 0.1) is 17.1 Å². The van der Waals surface area contributed by atoms with Crippen molar-refractivity contribution < 1.29 is 13.9 Å². The molecule has 94 valence electrons. The lowest BCUT2D eigenvalue weighted by molar-refractivity contribution is 0.0472. The van der Waals surface area contributed by atoms with Crippen molar-refractivity contribution in [2.24, 2.45) is 0 Å². The summed E-state index contributed by atoms with van der Waals surface area (Å²) in [6.07, 6.45) is 0. The summed E-state index contributed by atoms with van der Waals surface area (Å²) < 4.78 is 18.0. The molecular weight excluding hydrogens is 245 g/mol. The van der Waals surface area contributed by atoms with Crippen LogP contribution >= 0.6 is 0 Å². The molecule has 0 aliphatic carbocycles. The average molecular weight is 255 g/mol. The van der Waals surface area contributed by atoms with Gasteiger partial charge in [0.25, 0.3) is 0 Å². The van der Waals surface area contributed by atoms with Gasteiger partial charge in [-0.15, -0.1) is 0 Å². The minimum atomic E-state index is -0.595. The summed E-state index contributed by atoms with van der Waals surface area (Å²) >= 11 is 0. The number of halogens is 1. The Balaban J connectivity index is 2.02. The van der Waals surface area contributed by atoms with Gasteiger partial charge in [-0.2, -0.15) is 5.26 Å². The van der Waals surface area contributed by atoms with Crippen molar-refractivity contribution in [1.82, 2.24) is 0 Å². The van der Waals surface area contributed by atoms with Crippen molar-refractivity contribution in [1.29, 1.82) is 5.26 Å². The van der Waals surface area contributed by atoms with Gasteiger partial charge in [0.15, 0.2) is 0 Å². The van der Waals surface area contributed by atoms with Gasteiger partial charge in [0, 0.05) is 0 Å². The lowest BCUT2D eigenvalue weighted by atomic mass is 10.1. The molecule has 2 aromatic rings. The Labute approximate surface area is 109 Å². The number of nitriles is 1. The molecule has 0 aliphatic rings. The van der Waals surface area contributed by atoms with Crippen LogP contribution in [0.15, 0.2) is 48.5 Å². The first kappa shape index (κ1) is 12.8. The molecule has 0 bridgehead atoms. The lowest BCUT2D eigenvalue weighted by Crippen LogP contribution is -2.05. The van der Waals surface area contributed by atoms with Crippen molar-refractivity contribution in [2.75, 3.05) is 0 Å². The van der Waals surface area contributed by atoms with Gasteiger partial charge in [-0.05, 0) is 35.9 Å². The molecule has 2 rings (SSSR count). The highest BCUT2D eigenvalue weighted by atomic mass is 19.1. The summed E-state index contributed by atoms with van der Waals surface area (Å²) in [5.74, 6) is -1.08. The molecule has 0 aliphatic heterocycles. The van der Waals surface area contributed by atoms with E-state index in [1.807, 2.05) is 6.07 Å². The van der Waals surface area contributed by atoms with Crippen LogP contribution in [0.5, 0.6) is 0 Å². The molecule has 4 heteroatoms. The van der Waals surface area contributed by atoms with Crippen LogP contribution in [0.25, 0.3) is 0 Å². The normalized spacial score (nSPS) is 9.68. The number of nitrogens with zero attached hydrogens (tertiary/aromatic N) is 1. The van der Waals surface area contributed by atoms with E-state index in [9.17, 15) is 9.18 Å². The van der Waals surface area contributed by atoms with E-state index in [0.717, 1.165) is 6.07 Å². The molecule has 0 heterocycles. The predicted octanol–water partition coefficient (Wildman–Crippen LogP) is 3.05. The highest BCUT2D eigenvalue weighted by Gasteiger charge is 2.08. The molecule has 3 nitrogen and oxygen atoms in total. The largest absolute Gasteiger partial charge is 0.457 e. The minimum absolute atomic E-state index is 0.0465. The molecule has 0 amide bonds. The fourth-order valence-corrected chi connectivity index (χ4v) is 1.58. The summed E-state index contributed by atoms with van der Waals surface area (Å²) in [5, 5.41) is 8.75. The Kier molecular flexibility index (Phi) is 3.89. The molecule has 0 fully saturated rings. The topological polar surface area (TPSA) is 50.1 Å². The van der Waals surface area contributed by atoms with E-state index in [1.165, 1.54) is 18.2 Å². The van der Waals surface area contributed by atoms with Gasteiger partial charge in [0.05, 0.1) is 17.2 Å². The Morgan fingerprint density at radius 1 is 1.21 bits per heavy atom. The van der Waals surface area contributed by atoms with E-state index in [1.54, 1.807) is 24.3 Å². The summed E-state index contributed by atoms with van der Waals surface area (Å²) in [4.78, 5) is 11.7. The number of hydrogen-bond acceptors (Lipinski definition) is 3. The van der Waals surface area contributed by atoms with E-state index < -0.39 is 11.8 Å². The predicted molar refractivity (Wildman–Crippen MR) is 66.7 cm³/mol. The molecule has 19 heavy (non-hydrogen) atoms. The molecule has 0 spiro atoms. The second-order valence-corrected chi connectivity index (χ2v) is 3.90. The van der Waals surface area contributed by atoms with Gasteiger partial charge in [0.2, 0.25) is 0 Å². The summed E-state index contributed by atoms with van der Waals surface area (Å²) in [5.41, 5.74) is 1.37.